The van der Waals surface area contributed by atoms with Crippen LogP contribution in [0.5, 0.6) is 0 Å². The van der Waals surface area contributed by atoms with Crippen molar-refractivity contribution < 1.29 is 13.2 Å². The van der Waals surface area contributed by atoms with E-state index in [1.54, 1.807) is 0 Å². The minimum atomic E-state index is -1.79. The maximum atomic E-state index is 13.8. The molecule has 7 nitrogen and oxygen atoms in total. The van der Waals surface area contributed by atoms with Crippen LogP contribution in [0.4, 0.5) is 18.9 Å². The lowest BCUT2D eigenvalue weighted by Crippen LogP contribution is -2.26. The van der Waals surface area contributed by atoms with E-state index in [4.69, 9.17) is 27.7 Å². The number of nitrogens with two attached hydrogens (primary N) is 3. The van der Waals surface area contributed by atoms with Gasteiger partial charge in [-0.15, -0.1) is 0 Å². The predicted molar refractivity (Wildman–Crippen MR) is 62.8 cm³/mol. The van der Waals surface area contributed by atoms with Crippen LogP contribution in [0.25, 0.3) is 0 Å². The molecule has 10 heteroatoms. The molecular formula is C10H6F3N7. The molecule has 0 aromatic heterocycles. The highest BCUT2D eigenvalue weighted by atomic mass is 19.2. The van der Waals surface area contributed by atoms with Crippen LogP contribution in [-0.2, 0) is 0 Å². The molecule has 102 valence electrons. The summed E-state index contributed by atoms with van der Waals surface area (Å²) in [6.45, 7) is 0. The second-order valence-corrected chi connectivity index (χ2v) is 3.27. The molecule has 0 spiro atoms. The first-order chi connectivity index (χ1) is 9.33. The number of halogens is 3. The van der Waals surface area contributed by atoms with E-state index < -0.39 is 46.2 Å². The molecular weight excluding hydrogens is 275 g/mol. The van der Waals surface area contributed by atoms with Crippen LogP contribution in [0.2, 0.25) is 0 Å². The second kappa shape index (κ2) is 5.58. The third-order valence-electron chi connectivity index (χ3n) is 1.99. The summed E-state index contributed by atoms with van der Waals surface area (Å²) in [5.41, 5.74) is 11.9. The minimum absolute atomic E-state index is 0.520. The standard InChI is InChI=1S/C10H6F3N7/c11-5-3(1-14)7(13)8(4(2-15)6(5)12)19-10(18)20-9(16)17/h(H6,16,17,18,19,20). The highest BCUT2D eigenvalue weighted by Gasteiger charge is 2.25. The first kappa shape index (κ1) is 14.8. The fraction of sp³-hybridized carbons (Fsp3) is 0. The van der Waals surface area contributed by atoms with Gasteiger partial charge in [0.1, 0.15) is 29.0 Å². The molecule has 0 fully saturated rings. The van der Waals surface area contributed by atoms with Crippen molar-refractivity contribution in [1.29, 1.82) is 10.5 Å². The average Bonchev–Trinajstić information content (AvgIpc) is 2.36. The van der Waals surface area contributed by atoms with Crippen molar-refractivity contribution in [2.75, 3.05) is 0 Å². The van der Waals surface area contributed by atoms with Crippen molar-refractivity contribution in [3.8, 4) is 12.1 Å². The van der Waals surface area contributed by atoms with Crippen LogP contribution < -0.4 is 17.2 Å². The Morgan fingerprint density at radius 2 is 1.40 bits per heavy atom. The van der Waals surface area contributed by atoms with Crippen molar-refractivity contribution in [2.24, 2.45) is 27.2 Å². The van der Waals surface area contributed by atoms with Crippen molar-refractivity contribution >= 4 is 17.6 Å². The third kappa shape index (κ3) is 2.59. The van der Waals surface area contributed by atoms with Gasteiger partial charge in [-0.2, -0.15) is 15.5 Å². The van der Waals surface area contributed by atoms with Gasteiger partial charge in [0, 0.05) is 0 Å². The molecule has 1 rings (SSSR count). The molecule has 6 N–H and O–H groups in total. The zero-order valence-electron chi connectivity index (χ0n) is 9.65. The van der Waals surface area contributed by atoms with Gasteiger partial charge in [0.2, 0.25) is 5.96 Å². The van der Waals surface area contributed by atoms with E-state index in [1.165, 1.54) is 6.07 Å². The zero-order valence-corrected chi connectivity index (χ0v) is 9.65. The average molecular weight is 281 g/mol. The van der Waals surface area contributed by atoms with E-state index in [0.717, 1.165) is 6.07 Å². The number of guanidine groups is 2. The summed E-state index contributed by atoms with van der Waals surface area (Å²) in [4.78, 5) is 6.49. The first-order valence-corrected chi connectivity index (χ1v) is 4.77. The number of benzene rings is 1. The summed E-state index contributed by atoms with van der Waals surface area (Å²) < 4.78 is 40.6. The topological polar surface area (TPSA) is 150 Å². The van der Waals surface area contributed by atoms with Crippen LogP contribution in [-0.4, -0.2) is 11.9 Å². The molecule has 0 radical (unpaired) electrons. The first-order valence-electron chi connectivity index (χ1n) is 4.77. The smallest absolute Gasteiger partial charge is 0.223 e. The fourth-order valence-electron chi connectivity index (χ4n) is 1.22. The molecule has 20 heavy (non-hydrogen) atoms. The van der Waals surface area contributed by atoms with E-state index in [-0.39, 0.29) is 0 Å². The lowest BCUT2D eigenvalue weighted by molar-refractivity contribution is 0.490. The van der Waals surface area contributed by atoms with Crippen molar-refractivity contribution in [3.05, 3.63) is 28.6 Å². The van der Waals surface area contributed by atoms with Crippen molar-refractivity contribution in [2.45, 2.75) is 0 Å². The van der Waals surface area contributed by atoms with Crippen LogP contribution >= 0.6 is 0 Å². The predicted octanol–water partition coefficient (Wildman–Crippen LogP) is 0.0669. The summed E-state index contributed by atoms with van der Waals surface area (Å²) in [6.07, 6.45) is 0. The Balaban J connectivity index is 3.72. The zero-order chi connectivity index (χ0) is 15.4. The van der Waals surface area contributed by atoms with E-state index in [1.807, 2.05) is 0 Å². The number of hydrogen-bond acceptors (Lipinski definition) is 3. The molecule has 0 unspecified atom stereocenters. The Hall–Kier alpha value is -3.27. The molecule has 0 bridgehead atoms. The Morgan fingerprint density at radius 1 is 0.900 bits per heavy atom. The molecule has 0 aliphatic heterocycles. The Bertz CT molecular complexity index is 705. The van der Waals surface area contributed by atoms with Gasteiger partial charge in [-0.3, -0.25) is 0 Å². The van der Waals surface area contributed by atoms with Gasteiger partial charge >= 0.3 is 0 Å². The van der Waals surface area contributed by atoms with Gasteiger partial charge in [0.25, 0.3) is 0 Å². The SMILES string of the molecule is N#Cc1c(F)c(F)c(C#N)c(N=C(N)N=C(N)N)c1F. The molecule has 0 amide bonds. The van der Waals surface area contributed by atoms with Gasteiger partial charge in [-0.05, 0) is 0 Å². The molecule has 0 heterocycles. The number of nitrogens with zero attached hydrogens (tertiary/aromatic N) is 4. The van der Waals surface area contributed by atoms with Gasteiger partial charge in [-0.25, -0.2) is 18.2 Å². The van der Waals surface area contributed by atoms with Crippen LogP contribution in [0.1, 0.15) is 11.1 Å². The maximum Gasteiger partial charge on any atom is 0.223 e. The van der Waals surface area contributed by atoms with Crippen molar-refractivity contribution in [3.63, 3.8) is 0 Å². The lowest BCUT2D eigenvalue weighted by atomic mass is 10.1. The molecule has 0 saturated heterocycles. The Kier molecular flexibility index (Phi) is 4.13. The number of nitriles is 2. The van der Waals surface area contributed by atoms with Gasteiger partial charge in [-0.1, -0.05) is 0 Å². The van der Waals surface area contributed by atoms with E-state index in [0.29, 0.717) is 0 Å². The van der Waals surface area contributed by atoms with Crippen molar-refractivity contribution in [1.82, 2.24) is 0 Å². The largest absolute Gasteiger partial charge is 0.370 e. The molecule has 0 saturated carbocycles. The highest BCUT2D eigenvalue weighted by Crippen LogP contribution is 2.30. The number of rotatable bonds is 1. The number of hydrogen-bond donors (Lipinski definition) is 3. The normalized spacial score (nSPS) is 10.6. The van der Waals surface area contributed by atoms with Crippen LogP contribution in [0, 0.1) is 40.1 Å². The minimum Gasteiger partial charge on any atom is -0.370 e. The number of aliphatic imine (C=N–C) groups is 2. The van der Waals surface area contributed by atoms with Crippen LogP contribution in [0.3, 0.4) is 0 Å². The molecule has 1 aromatic carbocycles. The molecule has 0 atom stereocenters. The second-order valence-electron chi connectivity index (χ2n) is 3.27. The monoisotopic (exact) mass is 281 g/mol. The van der Waals surface area contributed by atoms with E-state index in [9.17, 15) is 13.2 Å². The fourth-order valence-corrected chi connectivity index (χ4v) is 1.22. The third-order valence-corrected chi connectivity index (χ3v) is 1.99. The highest BCUT2D eigenvalue weighted by molar-refractivity contribution is 5.94. The summed E-state index contributed by atoms with van der Waals surface area (Å²) >= 11 is 0. The van der Waals surface area contributed by atoms with Gasteiger partial charge in [0.15, 0.2) is 23.4 Å². The molecule has 0 aliphatic rings. The van der Waals surface area contributed by atoms with Crippen LogP contribution in [0.15, 0.2) is 9.98 Å². The summed E-state index contributed by atoms with van der Waals surface area (Å²) in [5, 5.41) is 17.3. The summed E-state index contributed by atoms with van der Waals surface area (Å²) in [7, 11) is 0. The van der Waals surface area contributed by atoms with E-state index >= 15 is 0 Å². The lowest BCUT2D eigenvalue weighted by Gasteiger charge is -2.05. The molecule has 0 aliphatic carbocycles. The Labute approximate surface area is 110 Å². The maximum absolute atomic E-state index is 13.8. The van der Waals surface area contributed by atoms with Gasteiger partial charge in [0.05, 0.1) is 0 Å². The van der Waals surface area contributed by atoms with E-state index in [2.05, 4.69) is 9.98 Å². The quantitative estimate of drug-likeness (QED) is 0.378. The molecule has 1 aromatic rings. The Morgan fingerprint density at radius 3 is 1.85 bits per heavy atom. The van der Waals surface area contributed by atoms with Gasteiger partial charge < -0.3 is 17.2 Å². The summed E-state index contributed by atoms with van der Waals surface area (Å²) in [5.74, 6) is -6.28. The summed E-state index contributed by atoms with van der Waals surface area (Å²) in [6, 6.07) is 2.33.